The van der Waals surface area contributed by atoms with Crippen molar-refractivity contribution in [1.29, 1.82) is 0 Å². The van der Waals surface area contributed by atoms with Gasteiger partial charge in [0.1, 0.15) is 0 Å². The number of imidazole rings is 2. The number of carbonyl (C=O) groups excluding carboxylic acids is 1. The monoisotopic (exact) mass is 759 g/mol. The number of ether oxygens (including phenoxy) is 1. The van der Waals surface area contributed by atoms with Crippen LogP contribution in [0.4, 0.5) is 0 Å². The standard InChI is InChI=1S/C46H39N4O2Se/c1-52-45(51)36-25-26-42-41(31-36)47-44(49(42)29-27-37(32-15-6-2-7-16-32)33-17-8-3-9-18-33)39-23-14-24-40-43(39)50(46(53)48-40)30-28-38(34-19-10-4-11-20-34)35-21-12-5-13-22-35/h2-26,31,37-38H,27-30H2,1H3. The van der Waals surface area contributed by atoms with E-state index in [1.165, 1.54) is 29.4 Å². The molecule has 6 nitrogen and oxygen atoms in total. The minimum atomic E-state index is -0.381. The van der Waals surface area contributed by atoms with Crippen LogP contribution in [-0.2, 0) is 17.8 Å². The molecule has 2 heterocycles. The first kappa shape index (κ1) is 34.3. The van der Waals surface area contributed by atoms with Gasteiger partial charge in [-0.1, -0.05) is 12.1 Å². The molecule has 7 heteroatoms. The predicted octanol–water partition coefficient (Wildman–Crippen LogP) is 9.08. The van der Waals surface area contributed by atoms with Gasteiger partial charge in [-0.3, -0.25) is 0 Å². The van der Waals surface area contributed by atoms with Gasteiger partial charge in [0.15, 0.2) is 0 Å². The summed E-state index contributed by atoms with van der Waals surface area (Å²) >= 11 is 3.26. The summed E-state index contributed by atoms with van der Waals surface area (Å²) in [5.41, 5.74) is 10.3. The third-order valence-electron chi connectivity index (χ3n) is 10.2. The molecule has 0 amide bonds. The number of para-hydroxylation sites is 1. The Hall–Kier alpha value is -5.75. The fraction of sp³-hybridized carbons (Fsp3) is 0.152. The Morgan fingerprint density at radius 2 is 1.11 bits per heavy atom. The first-order chi connectivity index (χ1) is 26.1. The molecule has 0 saturated heterocycles. The number of fused-ring (bicyclic) bond motifs is 2. The van der Waals surface area contributed by atoms with Crippen LogP contribution in [0.2, 0.25) is 0 Å². The van der Waals surface area contributed by atoms with E-state index in [-0.39, 0.29) is 17.8 Å². The molecule has 53 heavy (non-hydrogen) atoms. The van der Waals surface area contributed by atoms with Gasteiger partial charge in [0.25, 0.3) is 0 Å². The second-order valence-electron chi connectivity index (χ2n) is 13.3. The van der Waals surface area contributed by atoms with E-state index in [0.717, 1.165) is 57.6 Å². The summed E-state index contributed by atoms with van der Waals surface area (Å²) in [5, 5.41) is 0. The second kappa shape index (κ2) is 15.5. The van der Waals surface area contributed by atoms with Crippen LogP contribution in [0.3, 0.4) is 0 Å². The van der Waals surface area contributed by atoms with E-state index in [9.17, 15) is 4.79 Å². The summed E-state index contributed by atoms with van der Waals surface area (Å²) in [6.45, 7) is 1.46. The Morgan fingerprint density at radius 3 is 1.62 bits per heavy atom. The van der Waals surface area contributed by atoms with E-state index in [2.05, 4.69) is 165 Å². The number of rotatable bonds is 12. The molecular formula is C46H39N4O2Se. The van der Waals surface area contributed by atoms with Crippen LogP contribution < -0.4 is 4.72 Å². The average Bonchev–Trinajstić information content (AvgIpc) is 3.75. The third-order valence-corrected chi connectivity index (χ3v) is 10.9. The number of aryl methyl sites for hydroxylation is 2. The Bertz CT molecular complexity index is 2400. The van der Waals surface area contributed by atoms with E-state index in [4.69, 9.17) is 14.7 Å². The molecule has 8 rings (SSSR count). The third kappa shape index (κ3) is 7.06. The molecule has 0 aliphatic carbocycles. The zero-order valence-electron chi connectivity index (χ0n) is 29.5. The molecule has 0 aliphatic heterocycles. The van der Waals surface area contributed by atoms with Crippen LogP contribution in [0.25, 0.3) is 33.5 Å². The molecule has 0 unspecified atom stereocenters. The van der Waals surface area contributed by atoms with Gasteiger partial charge in [-0.2, -0.15) is 0 Å². The number of hydrogen-bond donors (Lipinski definition) is 0. The molecule has 0 aliphatic rings. The number of nitrogens with zero attached hydrogens (tertiary/aromatic N) is 4. The van der Waals surface area contributed by atoms with Gasteiger partial charge >= 0.3 is 307 Å². The summed E-state index contributed by atoms with van der Waals surface area (Å²) in [7, 11) is 1.41. The molecule has 0 spiro atoms. The van der Waals surface area contributed by atoms with Gasteiger partial charge < -0.3 is 0 Å². The SMILES string of the molecule is COC(=O)c1ccc2c(c1)nc(-c1cccc3nc([Se])n(CCC(c4ccccc4)c4ccccc4)c13)n2CCC(c1ccccc1)c1ccccc1. The van der Waals surface area contributed by atoms with Crippen molar-refractivity contribution < 1.29 is 9.53 Å². The summed E-state index contributed by atoms with van der Waals surface area (Å²) in [6, 6.07) is 54.9. The molecule has 0 N–H and O–H groups in total. The number of carbonyl (C=O) groups is 1. The van der Waals surface area contributed by atoms with Crippen LogP contribution in [0.1, 0.15) is 57.3 Å². The quantitative estimate of drug-likeness (QED) is 0.0922. The van der Waals surface area contributed by atoms with Crippen molar-refractivity contribution in [2.45, 2.75) is 37.8 Å². The van der Waals surface area contributed by atoms with E-state index in [1.54, 1.807) is 0 Å². The van der Waals surface area contributed by atoms with Crippen molar-refractivity contribution in [2.75, 3.05) is 7.11 Å². The number of esters is 1. The van der Waals surface area contributed by atoms with E-state index in [1.807, 2.05) is 18.2 Å². The summed E-state index contributed by atoms with van der Waals surface area (Å²) in [5.74, 6) is 0.865. The number of methoxy groups -OCH3 is 1. The summed E-state index contributed by atoms with van der Waals surface area (Å²) in [6.07, 6.45) is 1.74. The Balaban J connectivity index is 1.23. The van der Waals surface area contributed by atoms with E-state index in [0.29, 0.717) is 12.1 Å². The van der Waals surface area contributed by atoms with E-state index >= 15 is 0 Å². The molecule has 2 aromatic heterocycles. The zero-order valence-corrected chi connectivity index (χ0v) is 31.2. The molecule has 1 radical (unpaired) electrons. The van der Waals surface area contributed by atoms with Crippen molar-refractivity contribution in [3.8, 4) is 11.4 Å². The zero-order chi connectivity index (χ0) is 36.1. The van der Waals surface area contributed by atoms with Gasteiger partial charge in [0.2, 0.25) is 0 Å². The topological polar surface area (TPSA) is 61.9 Å². The molecule has 261 valence electrons. The minimum absolute atomic E-state index is 0.183. The molecule has 0 bridgehead atoms. The predicted molar refractivity (Wildman–Crippen MR) is 214 cm³/mol. The summed E-state index contributed by atoms with van der Waals surface area (Å²) < 4.78 is 10.6. The van der Waals surface area contributed by atoms with Gasteiger partial charge in [-0.15, -0.1) is 0 Å². The number of hydrogen-bond acceptors (Lipinski definition) is 4. The molecule has 0 fully saturated rings. The number of aromatic nitrogens is 4. The maximum absolute atomic E-state index is 12.6. The van der Waals surface area contributed by atoms with Crippen LogP contribution in [0.5, 0.6) is 0 Å². The summed E-state index contributed by atoms with van der Waals surface area (Å²) in [4.78, 5) is 22.9. The fourth-order valence-corrected chi connectivity index (χ4v) is 8.26. The first-order valence-corrected chi connectivity index (χ1v) is 18.9. The van der Waals surface area contributed by atoms with Crippen molar-refractivity contribution in [3.63, 3.8) is 0 Å². The first-order valence-electron chi connectivity index (χ1n) is 18.0. The second-order valence-corrected chi connectivity index (χ2v) is 14.1. The Morgan fingerprint density at radius 1 is 0.604 bits per heavy atom. The molecule has 0 saturated carbocycles. The number of benzene rings is 6. The Labute approximate surface area is 317 Å². The van der Waals surface area contributed by atoms with Crippen LogP contribution in [0.15, 0.2) is 158 Å². The maximum atomic E-state index is 12.6. The molecule has 8 aromatic rings. The van der Waals surface area contributed by atoms with Crippen LogP contribution in [0, 0.1) is 0 Å². The molecular weight excluding hydrogens is 719 g/mol. The van der Waals surface area contributed by atoms with Gasteiger partial charge in [0, 0.05) is 0 Å². The van der Waals surface area contributed by atoms with Gasteiger partial charge in [-0.05, 0) is 0 Å². The van der Waals surface area contributed by atoms with Crippen molar-refractivity contribution in [1.82, 2.24) is 19.1 Å². The van der Waals surface area contributed by atoms with Crippen molar-refractivity contribution in [2.24, 2.45) is 0 Å². The molecule has 6 aromatic carbocycles. The molecule has 0 atom stereocenters. The Kier molecular flexibility index (Phi) is 10.0. The fourth-order valence-electron chi connectivity index (χ4n) is 7.67. The normalized spacial score (nSPS) is 11.5. The van der Waals surface area contributed by atoms with E-state index < -0.39 is 0 Å². The van der Waals surface area contributed by atoms with Crippen LogP contribution in [-0.4, -0.2) is 48.2 Å². The van der Waals surface area contributed by atoms with Gasteiger partial charge in [0.05, 0.1) is 0 Å². The average molecular weight is 759 g/mol. The van der Waals surface area contributed by atoms with Crippen LogP contribution >= 0.6 is 0 Å². The van der Waals surface area contributed by atoms with Crippen molar-refractivity contribution in [3.05, 3.63) is 186 Å². The van der Waals surface area contributed by atoms with Gasteiger partial charge in [-0.25, -0.2) is 0 Å². The van der Waals surface area contributed by atoms with Crippen molar-refractivity contribution >= 4 is 48.8 Å².